The van der Waals surface area contributed by atoms with Gasteiger partial charge in [0.25, 0.3) is 0 Å². The first-order valence-electron chi connectivity index (χ1n) is 7.29. The summed E-state index contributed by atoms with van der Waals surface area (Å²) in [4.78, 5) is 11.9. The van der Waals surface area contributed by atoms with Crippen LogP contribution in [-0.2, 0) is 27.7 Å². The lowest BCUT2D eigenvalue weighted by atomic mass is 9.75. The number of hydrogen-bond acceptors (Lipinski definition) is 2. The van der Waals surface area contributed by atoms with E-state index in [0.29, 0.717) is 31.2 Å². The van der Waals surface area contributed by atoms with Crippen LogP contribution in [0.4, 0.5) is 13.2 Å². The third-order valence-corrected chi connectivity index (χ3v) is 4.15. The van der Waals surface area contributed by atoms with E-state index in [-0.39, 0.29) is 11.1 Å². The summed E-state index contributed by atoms with van der Waals surface area (Å²) in [6.45, 7) is 6.75. The molecule has 0 spiro atoms. The van der Waals surface area contributed by atoms with Crippen molar-refractivity contribution in [3.63, 3.8) is 0 Å². The molecule has 0 radical (unpaired) electrons. The highest BCUT2D eigenvalue weighted by atomic mass is 19.4. The lowest BCUT2D eigenvalue weighted by molar-refractivity contribution is -0.162. The predicted molar refractivity (Wildman–Crippen MR) is 77.3 cm³/mol. The molecule has 0 aromatic heterocycles. The maximum atomic E-state index is 13.4. The Labute approximate surface area is 128 Å². The fourth-order valence-corrected chi connectivity index (χ4v) is 3.06. The number of fused-ring (bicyclic) bond motifs is 1. The summed E-state index contributed by atoms with van der Waals surface area (Å²) in [5.41, 5.74) is -1.02. The molecule has 1 aliphatic rings. The Bertz CT molecular complexity index is 604. The van der Waals surface area contributed by atoms with Crippen LogP contribution in [-0.4, -0.2) is 5.97 Å². The SMILES string of the molecule is C=C(C)C(=O)OC1(CC)CCCc2cccc(C(F)(F)F)c21. The second kappa shape index (κ2) is 5.78. The molecule has 22 heavy (non-hydrogen) atoms. The average Bonchev–Trinajstić information content (AvgIpc) is 2.45. The van der Waals surface area contributed by atoms with Gasteiger partial charge in [-0.1, -0.05) is 25.6 Å². The largest absolute Gasteiger partial charge is 0.451 e. The molecule has 0 saturated carbocycles. The topological polar surface area (TPSA) is 26.3 Å². The van der Waals surface area contributed by atoms with Gasteiger partial charge in [0.15, 0.2) is 0 Å². The fraction of sp³-hybridized carbons (Fsp3) is 0.471. The molecule has 120 valence electrons. The van der Waals surface area contributed by atoms with Crippen LogP contribution in [0, 0.1) is 0 Å². The van der Waals surface area contributed by atoms with Crippen molar-refractivity contribution >= 4 is 5.97 Å². The van der Waals surface area contributed by atoms with E-state index < -0.39 is 23.3 Å². The summed E-state index contributed by atoms with van der Waals surface area (Å²) in [6.07, 6.45) is -2.54. The summed E-state index contributed by atoms with van der Waals surface area (Å²) in [7, 11) is 0. The zero-order valence-corrected chi connectivity index (χ0v) is 12.7. The van der Waals surface area contributed by atoms with Crippen molar-refractivity contribution in [3.8, 4) is 0 Å². The standard InChI is InChI=1S/C17H19F3O2/c1-4-16(22-15(21)11(2)3)10-6-8-12-7-5-9-13(14(12)16)17(18,19)20/h5,7,9H,2,4,6,8,10H2,1,3H3. The van der Waals surface area contributed by atoms with Gasteiger partial charge in [0.1, 0.15) is 5.60 Å². The number of carbonyl (C=O) groups is 1. The molecular weight excluding hydrogens is 293 g/mol. The number of ether oxygens (including phenoxy) is 1. The van der Waals surface area contributed by atoms with Crippen molar-refractivity contribution in [2.45, 2.75) is 51.3 Å². The molecule has 1 unspecified atom stereocenters. The molecule has 0 heterocycles. The van der Waals surface area contributed by atoms with Crippen molar-refractivity contribution < 1.29 is 22.7 Å². The van der Waals surface area contributed by atoms with E-state index in [4.69, 9.17) is 4.74 Å². The average molecular weight is 312 g/mol. The van der Waals surface area contributed by atoms with E-state index >= 15 is 0 Å². The van der Waals surface area contributed by atoms with Gasteiger partial charge in [-0.2, -0.15) is 13.2 Å². The van der Waals surface area contributed by atoms with Crippen LogP contribution < -0.4 is 0 Å². The molecule has 1 aromatic carbocycles. The van der Waals surface area contributed by atoms with Crippen LogP contribution in [0.5, 0.6) is 0 Å². The van der Waals surface area contributed by atoms with Crippen molar-refractivity contribution in [2.75, 3.05) is 0 Å². The zero-order valence-electron chi connectivity index (χ0n) is 12.7. The molecule has 0 aliphatic heterocycles. The van der Waals surface area contributed by atoms with Gasteiger partial charge in [0.2, 0.25) is 0 Å². The summed E-state index contributed by atoms with van der Waals surface area (Å²) in [5, 5.41) is 0. The molecule has 0 fully saturated rings. The Kier molecular flexibility index (Phi) is 4.36. The maximum absolute atomic E-state index is 13.4. The first-order valence-corrected chi connectivity index (χ1v) is 7.29. The summed E-state index contributed by atoms with van der Waals surface area (Å²) >= 11 is 0. The van der Waals surface area contributed by atoms with Crippen molar-refractivity contribution in [2.24, 2.45) is 0 Å². The lowest BCUT2D eigenvalue weighted by Crippen LogP contribution is -2.38. The number of alkyl halides is 3. The molecule has 0 bridgehead atoms. The third kappa shape index (κ3) is 2.89. The Morgan fingerprint density at radius 3 is 2.64 bits per heavy atom. The third-order valence-electron chi connectivity index (χ3n) is 4.15. The number of hydrogen-bond donors (Lipinski definition) is 0. The number of esters is 1. The van der Waals surface area contributed by atoms with Gasteiger partial charge in [-0.25, -0.2) is 4.79 Å². The van der Waals surface area contributed by atoms with Crippen molar-refractivity contribution in [1.29, 1.82) is 0 Å². The number of aryl methyl sites for hydroxylation is 1. The van der Waals surface area contributed by atoms with E-state index in [1.807, 2.05) is 0 Å². The Hall–Kier alpha value is -1.78. The Morgan fingerprint density at radius 1 is 1.41 bits per heavy atom. The molecule has 2 rings (SSSR count). The van der Waals surface area contributed by atoms with Gasteiger partial charge >= 0.3 is 12.1 Å². The van der Waals surface area contributed by atoms with Crippen LogP contribution in [0.3, 0.4) is 0 Å². The molecule has 2 nitrogen and oxygen atoms in total. The van der Waals surface area contributed by atoms with Gasteiger partial charge in [0, 0.05) is 11.1 Å². The highest BCUT2D eigenvalue weighted by Crippen LogP contribution is 2.47. The summed E-state index contributed by atoms with van der Waals surface area (Å²) in [5.74, 6) is -0.647. The molecule has 0 N–H and O–H groups in total. The lowest BCUT2D eigenvalue weighted by Gasteiger charge is -2.39. The zero-order chi connectivity index (χ0) is 16.5. The Morgan fingerprint density at radius 2 is 2.09 bits per heavy atom. The van der Waals surface area contributed by atoms with Gasteiger partial charge in [-0.3, -0.25) is 0 Å². The molecular formula is C17H19F3O2. The van der Waals surface area contributed by atoms with E-state index in [2.05, 4.69) is 6.58 Å². The Balaban J connectivity index is 2.62. The fourth-order valence-electron chi connectivity index (χ4n) is 3.06. The summed E-state index contributed by atoms with van der Waals surface area (Å²) < 4.78 is 45.7. The molecule has 0 saturated heterocycles. The van der Waals surface area contributed by atoms with E-state index in [9.17, 15) is 18.0 Å². The minimum Gasteiger partial charge on any atom is -0.451 e. The number of benzene rings is 1. The van der Waals surface area contributed by atoms with Gasteiger partial charge < -0.3 is 4.74 Å². The number of carbonyl (C=O) groups excluding carboxylic acids is 1. The van der Waals surface area contributed by atoms with E-state index in [1.165, 1.54) is 13.0 Å². The van der Waals surface area contributed by atoms with Gasteiger partial charge in [0.05, 0.1) is 5.56 Å². The van der Waals surface area contributed by atoms with Crippen LogP contribution in [0.2, 0.25) is 0 Å². The molecule has 0 amide bonds. The quantitative estimate of drug-likeness (QED) is 0.594. The number of halogens is 3. The highest BCUT2D eigenvalue weighted by Gasteiger charge is 2.46. The van der Waals surface area contributed by atoms with Gasteiger partial charge in [-0.15, -0.1) is 0 Å². The van der Waals surface area contributed by atoms with Crippen LogP contribution in [0.25, 0.3) is 0 Å². The molecule has 1 atom stereocenters. The highest BCUT2D eigenvalue weighted by molar-refractivity contribution is 5.87. The minimum atomic E-state index is -4.47. The van der Waals surface area contributed by atoms with Crippen LogP contribution >= 0.6 is 0 Å². The molecule has 1 aromatic rings. The second-order valence-electron chi connectivity index (χ2n) is 5.71. The second-order valence-corrected chi connectivity index (χ2v) is 5.71. The first kappa shape index (κ1) is 16.6. The molecule has 1 aliphatic carbocycles. The first-order chi connectivity index (χ1) is 10.2. The summed E-state index contributed by atoms with van der Waals surface area (Å²) in [6, 6.07) is 4.15. The van der Waals surface area contributed by atoms with Gasteiger partial charge in [-0.05, 0) is 44.2 Å². The van der Waals surface area contributed by atoms with Crippen molar-refractivity contribution in [3.05, 3.63) is 47.0 Å². The predicted octanol–water partition coefficient (Wildman–Crippen LogP) is 4.77. The maximum Gasteiger partial charge on any atom is 0.416 e. The normalized spacial score (nSPS) is 21.1. The molecule has 5 heteroatoms. The van der Waals surface area contributed by atoms with Crippen LogP contribution in [0.1, 0.15) is 49.8 Å². The minimum absolute atomic E-state index is 0.117. The smallest absolute Gasteiger partial charge is 0.416 e. The van der Waals surface area contributed by atoms with E-state index in [1.54, 1.807) is 13.0 Å². The van der Waals surface area contributed by atoms with Crippen molar-refractivity contribution in [1.82, 2.24) is 0 Å². The van der Waals surface area contributed by atoms with Crippen LogP contribution in [0.15, 0.2) is 30.4 Å². The number of rotatable bonds is 3. The van der Waals surface area contributed by atoms with E-state index in [0.717, 1.165) is 6.07 Å². The monoisotopic (exact) mass is 312 g/mol.